The minimum atomic E-state index is 0.0387. The van der Waals surface area contributed by atoms with Crippen LogP contribution in [0, 0.1) is 5.92 Å². The highest BCUT2D eigenvalue weighted by Crippen LogP contribution is 2.21. The maximum Gasteiger partial charge on any atom is 0.254 e. The summed E-state index contributed by atoms with van der Waals surface area (Å²) in [5.41, 5.74) is 1.88. The first-order valence-corrected chi connectivity index (χ1v) is 11.6. The molecule has 4 rings (SSSR count). The summed E-state index contributed by atoms with van der Waals surface area (Å²) < 4.78 is 11.3. The lowest BCUT2D eigenvalue weighted by atomic mass is 9.98. The molecule has 0 bridgehead atoms. The second kappa shape index (κ2) is 11.1. The van der Waals surface area contributed by atoms with Gasteiger partial charge in [0.25, 0.3) is 5.91 Å². The van der Waals surface area contributed by atoms with Gasteiger partial charge >= 0.3 is 0 Å². The summed E-state index contributed by atoms with van der Waals surface area (Å²) in [5.74, 6) is 1.36. The van der Waals surface area contributed by atoms with Gasteiger partial charge in [-0.1, -0.05) is 30.3 Å². The Hall–Kier alpha value is -2.86. The molecule has 2 aliphatic heterocycles. The van der Waals surface area contributed by atoms with Crippen LogP contribution >= 0.6 is 0 Å². The van der Waals surface area contributed by atoms with E-state index in [0.717, 1.165) is 38.1 Å². The zero-order valence-electron chi connectivity index (χ0n) is 18.6. The van der Waals surface area contributed by atoms with Gasteiger partial charge in [-0.15, -0.1) is 0 Å². The summed E-state index contributed by atoms with van der Waals surface area (Å²) in [6.07, 6.45) is 3.41. The average molecular weight is 437 g/mol. The molecule has 2 aliphatic rings. The number of carbonyl (C=O) groups is 2. The van der Waals surface area contributed by atoms with Crippen LogP contribution in [0.25, 0.3) is 0 Å². The van der Waals surface area contributed by atoms with Gasteiger partial charge < -0.3 is 19.3 Å². The van der Waals surface area contributed by atoms with Crippen molar-refractivity contribution in [1.82, 2.24) is 9.80 Å². The van der Waals surface area contributed by atoms with Gasteiger partial charge in [-0.25, -0.2) is 0 Å². The van der Waals surface area contributed by atoms with E-state index in [1.165, 1.54) is 5.56 Å². The quantitative estimate of drug-likeness (QED) is 0.668. The van der Waals surface area contributed by atoms with Crippen LogP contribution in [0.2, 0.25) is 0 Å². The molecule has 2 fully saturated rings. The Morgan fingerprint density at radius 2 is 1.69 bits per heavy atom. The minimum Gasteiger partial charge on any atom is -0.493 e. The molecule has 2 amide bonds. The highest BCUT2D eigenvalue weighted by molar-refractivity contribution is 5.94. The Balaban J connectivity index is 1.22. The number of hydrogen-bond donors (Lipinski definition) is 0. The van der Waals surface area contributed by atoms with Gasteiger partial charge in [-0.3, -0.25) is 9.59 Å². The van der Waals surface area contributed by atoms with Crippen molar-refractivity contribution in [2.24, 2.45) is 5.92 Å². The molecule has 1 atom stereocenters. The second-order valence-corrected chi connectivity index (χ2v) is 8.57. The SMILES string of the molecule is O=C(CCc1ccccc1)N1CCC[C@H](COc2ccc(C(=O)N3CCOCC3)cc2)C1. The molecule has 2 aromatic carbocycles. The Morgan fingerprint density at radius 1 is 0.938 bits per heavy atom. The number of morpholine rings is 1. The van der Waals surface area contributed by atoms with E-state index >= 15 is 0 Å². The molecule has 0 saturated carbocycles. The molecule has 0 spiro atoms. The van der Waals surface area contributed by atoms with Gasteiger partial charge in [0.2, 0.25) is 5.91 Å². The van der Waals surface area contributed by atoms with Crippen LogP contribution in [0.4, 0.5) is 0 Å². The van der Waals surface area contributed by atoms with E-state index in [2.05, 4.69) is 12.1 Å². The van der Waals surface area contributed by atoms with E-state index in [0.29, 0.717) is 50.8 Å². The van der Waals surface area contributed by atoms with Crippen LogP contribution in [0.5, 0.6) is 5.75 Å². The Morgan fingerprint density at radius 3 is 2.44 bits per heavy atom. The van der Waals surface area contributed by atoms with E-state index < -0.39 is 0 Å². The number of nitrogens with zero attached hydrogens (tertiary/aromatic N) is 2. The predicted octanol–water partition coefficient (Wildman–Crippen LogP) is 3.41. The number of likely N-dealkylation sites (tertiary alicyclic amines) is 1. The third-order valence-electron chi connectivity index (χ3n) is 6.23. The lowest BCUT2D eigenvalue weighted by Gasteiger charge is -2.32. The number of rotatable bonds is 7. The number of aryl methyl sites for hydroxylation is 1. The molecule has 0 aliphatic carbocycles. The highest BCUT2D eigenvalue weighted by atomic mass is 16.5. The lowest BCUT2D eigenvalue weighted by Crippen LogP contribution is -2.41. The smallest absolute Gasteiger partial charge is 0.254 e. The number of benzene rings is 2. The Bertz CT molecular complexity index is 878. The van der Waals surface area contributed by atoms with Crippen molar-refractivity contribution in [1.29, 1.82) is 0 Å². The van der Waals surface area contributed by atoms with Crippen LogP contribution < -0.4 is 4.74 Å². The van der Waals surface area contributed by atoms with Gasteiger partial charge in [0.1, 0.15) is 5.75 Å². The molecule has 0 aromatic heterocycles. The molecule has 2 aromatic rings. The lowest BCUT2D eigenvalue weighted by molar-refractivity contribution is -0.133. The standard InChI is InChI=1S/C26H32N2O4/c29-25(13-8-21-5-2-1-3-6-21)28-14-4-7-22(19-28)20-32-24-11-9-23(10-12-24)26(30)27-15-17-31-18-16-27/h1-3,5-6,9-12,22H,4,7-8,13-20H2/t22-/m0/s1. The molecule has 0 unspecified atom stereocenters. The monoisotopic (exact) mass is 436 g/mol. The fourth-order valence-electron chi connectivity index (χ4n) is 4.34. The number of hydrogen-bond acceptors (Lipinski definition) is 4. The van der Waals surface area contributed by atoms with Gasteiger partial charge in [0.05, 0.1) is 19.8 Å². The van der Waals surface area contributed by atoms with Crippen LogP contribution in [0.15, 0.2) is 54.6 Å². The second-order valence-electron chi connectivity index (χ2n) is 8.57. The van der Waals surface area contributed by atoms with Crippen LogP contribution in [0.1, 0.15) is 35.2 Å². The molecule has 6 nitrogen and oxygen atoms in total. The topological polar surface area (TPSA) is 59.1 Å². The van der Waals surface area contributed by atoms with Crippen molar-refractivity contribution >= 4 is 11.8 Å². The van der Waals surface area contributed by atoms with Crippen molar-refractivity contribution in [3.63, 3.8) is 0 Å². The maximum atomic E-state index is 12.7. The summed E-state index contributed by atoms with van der Waals surface area (Å²) in [5, 5.41) is 0. The Labute approximate surface area is 190 Å². The zero-order valence-corrected chi connectivity index (χ0v) is 18.6. The maximum absolute atomic E-state index is 12.7. The zero-order chi connectivity index (χ0) is 22.2. The first-order chi connectivity index (χ1) is 15.7. The molecule has 170 valence electrons. The summed E-state index contributed by atoms with van der Waals surface area (Å²) in [6, 6.07) is 17.5. The summed E-state index contributed by atoms with van der Waals surface area (Å²) >= 11 is 0. The molecule has 2 saturated heterocycles. The highest BCUT2D eigenvalue weighted by Gasteiger charge is 2.24. The van der Waals surface area contributed by atoms with Crippen molar-refractivity contribution in [2.45, 2.75) is 25.7 Å². The number of amides is 2. The first-order valence-electron chi connectivity index (χ1n) is 11.6. The molecule has 6 heteroatoms. The molecule has 2 heterocycles. The van der Waals surface area contributed by atoms with Crippen LogP contribution in [0.3, 0.4) is 0 Å². The number of piperidine rings is 1. The molecular formula is C26H32N2O4. The van der Waals surface area contributed by atoms with E-state index in [1.54, 1.807) is 0 Å². The average Bonchev–Trinajstić information content (AvgIpc) is 2.87. The fourth-order valence-corrected chi connectivity index (χ4v) is 4.34. The van der Waals surface area contributed by atoms with E-state index in [-0.39, 0.29) is 11.8 Å². The summed E-state index contributed by atoms with van der Waals surface area (Å²) in [7, 11) is 0. The third kappa shape index (κ3) is 6.10. The summed E-state index contributed by atoms with van der Waals surface area (Å²) in [4.78, 5) is 29.0. The molecule has 0 N–H and O–H groups in total. The van der Waals surface area contributed by atoms with Gasteiger partial charge in [-0.05, 0) is 49.1 Å². The van der Waals surface area contributed by atoms with Gasteiger partial charge in [-0.2, -0.15) is 0 Å². The van der Waals surface area contributed by atoms with Gasteiger partial charge in [0.15, 0.2) is 0 Å². The minimum absolute atomic E-state index is 0.0387. The van der Waals surface area contributed by atoms with E-state index in [1.807, 2.05) is 52.3 Å². The molecule has 0 radical (unpaired) electrons. The predicted molar refractivity (Wildman–Crippen MR) is 123 cm³/mol. The summed E-state index contributed by atoms with van der Waals surface area (Å²) in [6.45, 7) is 4.64. The van der Waals surface area contributed by atoms with Gasteiger partial charge in [0, 0.05) is 44.1 Å². The van der Waals surface area contributed by atoms with Crippen LogP contribution in [-0.4, -0.2) is 67.6 Å². The Kier molecular flexibility index (Phi) is 7.77. The number of ether oxygens (including phenoxy) is 2. The fraction of sp³-hybridized carbons (Fsp3) is 0.462. The largest absolute Gasteiger partial charge is 0.493 e. The molecular weight excluding hydrogens is 404 g/mol. The van der Waals surface area contributed by atoms with E-state index in [4.69, 9.17) is 9.47 Å². The van der Waals surface area contributed by atoms with Crippen LogP contribution in [-0.2, 0) is 16.0 Å². The van der Waals surface area contributed by atoms with Crippen molar-refractivity contribution in [3.05, 3.63) is 65.7 Å². The third-order valence-corrected chi connectivity index (χ3v) is 6.23. The molecule has 32 heavy (non-hydrogen) atoms. The number of carbonyl (C=O) groups excluding carboxylic acids is 2. The van der Waals surface area contributed by atoms with Crippen molar-refractivity contribution in [3.8, 4) is 5.75 Å². The van der Waals surface area contributed by atoms with Crippen molar-refractivity contribution in [2.75, 3.05) is 46.0 Å². The first kappa shape index (κ1) is 22.3. The van der Waals surface area contributed by atoms with E-state index in [9.17, 15) is 9.59 Å². The normalized spacial score (nSPS) is 18.9. The van der Waals surface area contributed by atoms with Crippen molar-refractivity contribution < 1.29 is 19.1 Å².